The Bertz CT molecular complexity index is 292. The van der Waals surface area contributed by atoms with Crippen LogP contribution in [0, 0.1) is 12.3 Å². The van der Waals surface area contributed by atoms with Crippen molar-refractivity contribution in [1.82, 2.24) is 0 Å². The van der Waals surface area contributed by atoms with Crippen LogP contribution < -0.4 is 0 Å². The molecule has 0 saturated carbocycles. The summed E-state index contributed by atoms with van der Waals surface area (Å²) in [5.74, 6) is 0. The minimum absolute atomic E-state index is 0.143. The molecule has 1 nitrogen and oxygen atoms in total. The van der Waals surface area contributed by atoms with Crippen molar-refractivity contribution in [3.63, 3.8) is 0 Å². The van der Waals surface area contributed by atoms with Crippen molar-refractivity contribution in [2.75, 3.05) is 0 Å². The lowest BCUT2D eigenvalue weighted by Gasteiger charge is -2.21. The fourth-order valence-electron chi connectivity index (χ4n) is 1.33. The summed E-state index contributed by atoms with van der Waals surface area (Å²) in [6, 6.07) is 1.98. The zero-order valence-corrected chi connectivity index (χ0v) is 10.7. The van der Waals surface area contributed by atoms with Gasteiger partial charge in [-0.1, -0.05) is 32.4 Å². The van der Waals surface area contributed by atoms with Crippen LogP contribution in [0.5, 0.6) is 0 Å². The lowest BCUT2D eigenvalue weighted by atomic mass is 9.89. The third-order valence-electron chi connectivity index (χ3n) is 2.01. The Morgan fingerprint density at radius 3 is 2.43 bits per heavy atom. The maximum Gasteiger partial charge on any atom is 0.0961 e. The molecule has 0 radical (unpaired) electrons. The SMILES string of the molecule is Cc1cc(C(O)CC(C)(C)C)sc1Cl. The van der Waals surface area contributed by atoms with E-state index in [0.717, 1.165) is 21.2 Å². The van der Waals surface area contributed by atoms with Crippen molar-refractivity contribution in [2.45, 2.75) is 40.2 Å². The third kappa shape index (κ3) is 3.26. The van der Waals surface area contributed by atoms with Gasteiger partial charge in [0.15, 0.2) is 0 Å². The summed E-state index contributed by atoms with van der Waals surface area (Å²) >= 11 is 7.43. The van der Waals surface area contributed by atoms with Crippen molar-refractivity contribution in [2.24, 2.45) is 5.41 Å². The summed E-state index contributed by atoms with van der Waals surface area (Å²) in [6.45, 7) is 8.33. The predicted molar refractivity (Wildman–Crippen MR) is 63.1 cm³/mol. The van der Waals surface area contributed by atoms with Gasteiger partial charge in [0.25, 0.3) is 0 Å². The van der Waals surface area contributed by atoms with Gasteiger partial charge in [0.2, 0.25) is 0 Å². The van der Waals surface area contributed by atoms with Crippen LogP contribution in [0.4, 0.5) is 0 Å². The number of aliphatic hydroxyl groups is 1. The Hall–Kier alpha value is -0.0500. The monoisotopic (exact) mass is 232 g/mol. The molecule has 0 bridgehead atoms. The van der Waals surface area contributed by atoms with E-state index < -0.39 is 0 Å². The van der Waals surface area contributed by atoms with Crippen LogP contribution in [0.1, 0.15) is 43.7 Å². The normalized spacial score (nSPS) is 14.4. The van der Waals surface area contributed by atoms with Gasteiger partial charge in [-0.25, -0.2) is 0 Å². The first-order chi connectivity index (χ1) is 6.29. The van der Waals surface area contributed by atoms with Gasteiger partial charge in [-0.15, -0.1) is 11.3 Å². The van der Waals surface area contributed by atoms with Crippen molar-refractivity contribution in [3.05, 3.63) is 20.8 Å². The number of hydrogen-bond acceptors (Lipinski definition) is 2. The lowest BCUT2D eigenvalue weighted by Crippen LogP contribution is -2.10. The molecule has 1 aromatic rings. The molecule has 1 heterocycles. The summed E-state index contributed by atoms with van der Waals surface area (Å²) in [6.07, 6.45) is 0.384. The largest absolute Gasteiger partial charge is 0.388 e. The maximum absolute atomic E-state index is 9.95. The van der Waals surface area contributed by atoms with E-state index in [-0.39, 0.29) is 11.5 Å². The Morgan fingerprint density at radius 1 is 1.50 bits per heavy atom. The maximum atomic E-state index is 9.95. The summed E-state index contributed by atoms with van der Waals surface area (Å²) in [5, 5.41) is 9.95. The van der Waals surface area contributed by atoms with E-state index in [2.05, 4.69) is 20.8 Å². The van der Waals surface area contributed by atoms with Crippen molar-refractivity contribution >= 4 is 22.9 Å². The van der Waals surface area contributed by atoms with Crippen molar-refractivity contribution in [1.29, 1.82) is 0 Å². The van der Waals surface area contributed by atoms with Gasteiger partial charge in [-0.3, -0.25) is 0 Å². The van der Waals surface area contributed by atoms with E-state index in [1.165, 1.54) is 11.3 Å². The van der Waals surface area contributed by atoms with Gasteiger partial charge < -0.3 is 5.11 Å². The average Bonchev–Trinajstić information content (AvgIpc) is 2.28. The van der Waals surface area contributed by atoms with E-state index in [0.29, 0.717) is 0 Å². The Kier molecular flexibility index (Phi) is 3.62. The number of aryl methyl sites for hydroxylation is 1. The molecule has 1 rings (SSSR count). The highest BCUT2D eigenvalue weighted by Crippen LogP contribution is 2.36. The van der Waals surface area contributed by atoms with Gasteiger partial charge in [-0.2, -0.15) is 0 Å². The standard InChI is InChI=1S/C11H17ClOS/c1-7-5-9(14-10(7)12)8(13)6-11(2,3)4/h5,8,13H,6H2,1-4H3. The van der Waals surface area contributed by atoms with E-state index in [1.54, 1.807) is 0 Å². The van der Waals surface area contributed by atoms with Crippen molar-refractivity contribution < 1.29 is 5.11 Å². The summed E-state index contributed by atoms with van der Waals surface area (Å²) < 4.78 is 0.785. The van der Waals surface area contributed by atoms with E-state index >= 15 is 0 Å². The van der Waals surface area contributed by atoms with Gasteiger partial charge in [0.1, 0.15) is 0 Å². The van der Waals surface area contributed by atoms with Crippen molar-refractivity contribution in [3.8, 4) is 0 Å². The van der Waals surface area contributed by atoms with Gasteiger partial charge in [0.05, 0.1) is 10.4 Å². The van der Waals surface area contributed by atoms with E-state index in [1.807, 2.05) is 13.0 Å². The second kappa shape index (κ2) is 4.21. The molecule has 0 aliphatic rings. The molecule has 80 valence electrons. The van der Waals surface area contributed by atoms with Crippen LogP contribution in [-0.2, 0) is 0 Å². The zero-order valence-electron chi connectivity index (χ0n) is 9.10. The molecule has 0 aromatic carbocycles. The Labute approximate surface area is 94.7 Å². The number of hydrogen-bond donors (Lipinski definition) is 1. The van der Waals surface area contributed by atoms with E-state index in [9.17, 15) is 5.11 Å². The first-order valence-corrected chi connectivity index (χ1v) is 5.93. The number of aliphatic hydroxyl groups excluding tert-OH is 1. The molecule has 14 heavy (non-hydrogen) atoms. The molecule has 1 atom stereocenters. The first-order valence-electron chi connectivity index (χ1n) is 4.73. The molecule has 0 aliphatic carbocycles. The fourth-order valence-corrected chi connectivity index (χ4v) is 2.53. The molecule has 0 spiro atoms. The molecule has 0 amide bonds. The van der Waals surface area contributed by atoms with Crippen LogP contribution in [0.25, 0.3) is 0 Å². The molecule has 3 heteroatoms. The molecule has 0 aliphatic heterocycles. The highest BCUT2D eigenvalue weighted by atomic mass is 35.5. The summed E-state index contributed by atoms with van der Waals surface area (Å²) in [7, 11) is 0. The van der Waals surface area contributed by atoms with Crippen LogP contribution in [0.15, 0.2) is 6.07 Å². The summed E-state index contributed by atoms with van der Waals surface area (Å²) in [5.41, 5.74) is 1.20. The zero-order chi connectivity index (χ0) is 10.9. The van der Waals surface area contributed by atoms with Gasteiger partial charge in [-0.05, 0) is 30.4 Å². The van der Waals surface area contributed by atoms with Crippen LogP contribution >= 0.6 is 22.9 Å². The van der Waals surface area contributed by atoms with E-state index in [4.69, 9.17) is 11.6 Å². The Morgan fingerprint density at radius 2 is 2.07 bits per heavy atom. The lowest BCUT2D eigenvalue weighted by molar-refractivity contribution is 0.125. The predicted octanol–water partition coefficient (Wildman–Crippen LogP) is 4.18. The molecule has 1 aromatic heterocycles. The smallest absolute Gasteiger partial charge is 0.0961 e. The van der Waals surface area contributed by atoms with Gasteiger partial charge >= 0.3 is 0 Å². The molecular formula is C11H17ClOS. The number of rotatable bonds is 2. The summed E-state index contributed by atoms with van der Waals surface area (Å²) in [4.78, 5) is 0.974. The molecule has 0 saturated heterocycles. The quantitative estimate of drug-likeness (QED) is 0.811. The Balaban J connectivity index is 2.75. The highest BCUT2D eigenvalue weighted by Gasteiger charge is 2.20. The molecular weight excluding hydrogens is 216 g/mol. The minimum atomic E-state index is -0.383. The topological polar surface area (TPSA) is 20.2 Å². The highest BCUT2D eigenvalue weighted by molar-refractivity contribution is 7.16. The molecule has 0 fully saturated rings. The molecule has 1 N–H and O–H groups in total. The average molecular weight is 233 g/mol. The number of thiophene rings is 1. The van der Waals surface area contributed by atoms with Crippen LogP contribution in [0.3, 0.4) is 0 Å². The van der Waals surface area contributed by atoms with Gasteiger partial charge in [0, 0.05) is 4.88 Å². The first kappa shape index (κ1) is 12.0. The van der Waals surface area contributed by atoms with Crippen LogP contribution in [0.2, 0.25) is 4.34 Å². The van der Waals surface area contributed by atoms with Crippen LogP contribution in [-0.4, -0.2) is 5.11 Å². The second-order valence-corrected chi connectivity index (χ2v) is 6.57. The number of halogens is 1. The fraction of sp³-hybridized carbons (Fsp3) is 0.636. The molecule has 1 unspecified atom stereocenters. The second-order valence-electron chi connectivity index (χ2n) is 4.89. The third-order valence-corrected chi connectivity index (χ3v) is 3.67. The minimum Gasteiger partial charge on any atom is -0.388 e.